The summed E-state index contributed by atoms with van der Waals surface area (Å²) in [5, 5.41) is 0. The first-order chi connectivity index (χ1) is 7.75. The first-order valence-electron chi connectivity index (χ1n) is 5.23. The van der Waals surface area contributed by atoms with Gasteiger partial charge in [0.15, 0.2) is 0 Å². The highest BCUT2D eigenvalue weighted by Gasteiger charge is 2.08. The van der Waals surface area contributed by atoms with Crippen LogP contribution in [0.4, 0.5) is 0 Å². The maximum atomic E-state index is 5.11. The zero-order valence-electron chi connectivity index (χ0n) is 9.27. The molecule has 3 rings (SSSR count). The van der Waals surface area contributed by atoms with E-state index >= 15 is 0 Å². The number of nitrogens with zero attached hydrogens (tertiary/aromatic N) is 2. The average Bonchev–Trinajstić information content (AvgIpc) is 2.82. The first kappa shape index (κ1) is 9.21. The molecule has 0 aromatic carbocycles. The van der Waals surface area contributed by atoms with Gasteiger partial charge in [0, 0.05) is 11.3 Å². The molecule has 0 spiro atoms. The minimum atomic E-state index is 0.980. The molecule has 0 fully saturated rings. The van der Waals surface area contributed by atoms with Gasteiger partial charge in [-0.05, 0) is 37.6 Å². The van der Waals surface area contributed by atoms with E-state index in [0.29, 0.717) is 0 Å². The number of furan rings is 1. The Balaban J connectivity index is 2.36. The Morgan fingerprint density at radius 3 is 2.88 bits per heavy atom. The molecular formula is C13H12N2O. The van der Waals surface area contributed by atoms with Crippen LogP contribution in [0.5, 0.6) is 0 Å². The van der Waals surface area contributed by atoms with Crippen LogP contribution in [0.15, 0.2) is 41.3 Å². The Labute approximate surface area is 93.4 Å². The fourth-order valence-electron chi connectivity index (χ4n) is 2.09. The summed E-state index contributed by atoms with van der Waals surface area (Å²) in [5.41, 5.74) is 5.52. The van der Waals surface area contributed by atoms with Crippen LogP contribution in [0.1, 0.15) is 11.3 Å². The third-order valence-corrected chi connectivity index (χ3v) is 2.75. The normalized spacial score (nSPS) is 11.1. The van der Waals surface area contributed by atoms with Crippen LogP contribution in [0.25, 0.3) is 16.9 Å². The average molecular weight is 212 g/mol. The van der Waals surface area contributed by atoms with Gasteiger partial charge in [-0.1, -0.05) is 0 Å². The van der Waals surface area contributed by atoms with E-state index in [9.17, 15) is 0 Å². The van der Waals surface area contributed by atoms with E-state index < -0.39 is 0 Å². The van der Waals surface area contributed by atoms with E-state index in [2.05, 4.69) is 35.4 Å². The molecular weight excluding hydrogens is 200 g/mol. The second-order valence-corrected chi connectivity index (χ2v) is 4.02. The minimum absolute atomic E-state index is 0.980. The zero-order chi connectivity index (χ0) is 11.1. The minimum Gasteiger partial charge on any atom is -0.472 e. The predicted molar refractivity (Wildman–Crippen MR) is 62.4 cm³/mol. The number of aryl methyl sites for hydroxylation is 2. The van der Waals surface area contributed by atoms with Crippen molar-refractivity contribution in [2.24, 2.45) is 0 Å². The zero-order valence-corrected chi connectivity index (χ0v) is 9.27. The van der Waals surface area contributed by atoms with Crippen LogP contribution in [-0.2, 0) is 0 Å². The van der Waals surface area contributed by atoms with E-state index in [-0.39, 0.29) is 0 Å². The van der Waals surface area contributed by atoms with Gasteiger partial charge in [0.2, 0.25) is 0 Å². The molecule has 0 aliphatic rings. The summed E-state index contributed by atoms with van der Waals surface area (Å²) < 4.78 is 7.25. The summed E-state index contributed by atoms with van der Waals surface area (Å²) in [7, 11) is 0. The van der Waals surface area contributed by atoms with Crippen molar-refractivity contribution in [1.82, 2.24) is 9.38 Å². The van der Waals surface area contributed by atoms with Gasteiger partial charge in [-0.25, -0.2) is 4.98 Å². The largest absolute Gasteiger partial charge is 0.472 e. The molecule has 0 aliphatic carbocycles. The molecule has 3 aromatic rings. The Morgan fingerprint density at radius 2 is 2.12 bits per heavy atom. The number of hydrogen-bond donors (Lipinski definition) is 0. The molecule has 80 valence electrons. The van der Waals surface area contributed by atoms with Crippen LogP contribution in [0.2, 0.25) is 0 Å². The van der Waals surface area contributed by atoms with Crippen molar-refractivity contribution in [1.29, 1.82) is 0 Å². The van der Waals surface area contributed by atoms with Crippen molar-refractivity contribution in [3.63, 3.8) is 0 Å². The summed E-state index contributed by atoms with van der Waals surface area (Å²) in [6, 6.07) is 6.18. The summed E-state index contributed by atoms with van der Waals surface area (Å²) in [6.45, 7) is 4.17. The Hall–Kier alpha value is -2.03. The SMILES string of the molecule is Cc1cc(C)n2c(-c3ccoc3)cnc2c1. The molecule has 0 amide bonds. The van der Waals surface area contributed by atoms with Gasteiger partial charge in [0.05, 0.1) is 24.4 Å². The van der Waals surface area contributed by atoms with Crippen molar-refractivity contribution in [3.8, 4) is 11.3 Å². The van der Waals surface area contributed by atoms with Gasteiger partial charge in [-0.15, -0.1) is 0 Å². The fraction of sp³-hybridized carbons (Fsp3) is 0.154. The molecule has 0 saturated heterocycles. The highest BCUT2D eigenvalue weighted by Crippen LogP contribution is 2.23. The molecule has 3 aromatic heterocycles. The fourth-order valence-corrected chi connectivity index (χ4v) is 2.09. The maximum Gasteiger partial charge on any atom is 0.137 e. The number of fused-ring (bicyclic) bond motifs is 1. The van der Waals surface area contributed by atoms with Crippen LogP contribution in [0.3, 0.4) is 0 Å². The summed E-state index contributed by atoms with van der Waals surface area (Å²) >= 11 is 0. The molecule has 0 bridgehead atoms. The summed E-state index contributed by atoms with van der Waals surface area (Å²) in [6.07, 6.45) is 5.30. The third kappa shape index (κ3) is 1.25. The van der Waals surface area contributed by atoms with Crippen LogP contribution in [0, 0.1) is 13.8 Å². The van der Waals surface area contributed by atoms with Gasteiger partial charge in [0.1, 0.15) is 5.65 Å². The molecule has 0 N–H and O–H groups in total. The van der Waals surface area contributed by atoms with E-state index in [1.807, 2.05) is 12.3 Å². The highest BCUT2D eigenvalue weighted by molar-refractivity contribution is 5.63. The van der Waals surface area contributed by atoms with E-state index in [4.69, 9.17) is 4.42 Å². The summed E-state index contributed by atoms with van der Waals surface area (Å²) in [5.74, 6) is 0. The number of aromatic nitrogens is 2. The lowest BCUT2D eigenvalue weighted by Gasteiger charge is -2.04. The third-order valence-electron chi connectivity index (χ3n) is 2.75. The first-order valence-corrected chi connectivity index (χ1v) is 5.23. The second kappa shape index (κ2) is 3.23. The lowest BCUT2D eigenvalue weighted by molar-refractivity contribution is 0.568. The second-order valence-electron chi connectivity index (χ2n) is 4.02. The predicted octanol–water partition coefficient (Wildman–Crippen LogP) is 3.21. The van der Waals surface area contributed by atoms with Crippen molar-refractivity contribution < 1.29 is 4.42 Å². The standard InChI is InChI=1S/C13H12N2O/c1-9-5-10(2)15-12(7-14-13(15)6-9)11-3-4-16-8-11/h3-8H,1-2H3. The number of rotatable bonds is 1. The van der Waals surface area contributed by atoms with E-state index in [0.717, 1.165) is 16.9 Å². The molecule has 0 unspecified atom stereocenters. The van der Waals surface area contributed by atoms with Crippen LogP contribution < -0.4 is 0 Å². The van der Waals surface area contributed by atoms with Crippen molar-refractivity contribution in [3.05, 3.63) is 48.2 Å². The van der Waals surface area contributed by atoms with Gasteiger partial charge >= 0.3 is 0 Å². The van der Waals surface area contributed by atoms with Gasteiger partial charge in [-0.2, -0.15) is 0 Å². The summed E-state index contributed by atoms with van der Waals surface area (Å²) in [4.78, 5) is 4.42. The monoisotopic (exact) mass is 212 g/mol. The van der Waals surface area contributed by atoms with Crippen molar-refractivity contribution in [2.75, 3.05) is 0 Å². The molecule has 3 nitrogen and oxygen atoms in total. The Morgan fingerprint density at radius 1 is 1.25 bits per heavy atom. The van der Waals surface area contributed by atoms with E-state index in [1.54, 1.807) is 12.5 Å². The van der Waals surface area contributed by atoms with Gasteiger partial charge < -0.3 is 4.42 Å². The molecule has 0 atom stereocenters. The van der Waals surface area contributed by atoms with Gasteiger partial charge in [0.25, 0.3) is 0 Å². The molecule has 3 heterocycles. The highest BCUT2D eigenvalue weighted by atomic mass is 16.3. The molecule has 0 aliphatic heterocycles. The number of hydrogen-bond acceptors (Lipinski definition) is 2. The molecule has 16 heavy (non-hydrogen) atoms. The lowest BCUT2D eigenvalue weighted by atomic mass is 10.2. The quantitative estimate of drug-likeness (QED) is 0.620. The topological polar surface area (TPSA) is 30.4 Å². The van der Waals surface area contributed by atoms with Crippen LogP contribution >= 0.6 is 0 Å². The van der Waals surface area contributed by atoms with Crippen molar-refractivity contribution >= 4 is 5.65 Å². The Bertz CT molecular complexity index is 635. The van der Waals surface area contributed by atoms with Gasteiger partial charge in [-0.3, -0.25) is 4.40 Å². The maximum absolute atomic E-state index is 5.11. The molecule has 0 radical (unpaired) electrons. The number of pyridine rings is 1. The number of imidazole rings is 1. The lowest BCUT2D eigenvalue weighted by Crippen LogP contribution is -1.94. The molecule has 0 saturated carbocycles. The van der Waals surface area contributed by atoms with E-state index in [1.165, 1.54) is 11.3 Å². The van der Waals surface area contributed by atoms with Crippen molar-refractivity contribution in [2.45, 2.75) is 13.8 Å². The smallest absolute Gasteiger partial charge is 0.137 e. The molecule has 3 heteroatoms. The Kier molecular flexibility index (Phi) is 1.86. The van der Waals surface area contributed by atoms with Crippen LogP contribution in [-0.4, -0.2) is 9.38 Å².